The summed E-state index contributed by atoms with van der Waals surface area (Å²) in [7, 11) is -5.13. The fourth-order valence-electron chi connectivity index (χ4n) is 1.45. The van der Waals surface area contributed by atoms with E-state index in [0.717, 1.165) is 12.5 Å². The Morgan fingerprint density at radius 2 is 1.32 bits per heavy atom. The van der Waals surface area contributed by atoms with Gasteiger partial charge in [-0.25, -0.2) is 13.2 Å². The molecule has 0 unspecified atom stereocenters. The Morgan fingerprint density at radius 1 is 0.964 bits per heavy atom. The number of halogens is 3. The van der Waals surface area contributed by atoms with Crippen LogP contribution in [0, 0.1) is 27.6 Å². The van der Waals surface area contributed by atoms with Gasteiger partial charge in [-0.2, -0.15) is 16.8 Å². The van der Waals surface area contributed by atoms with E-state index in [4.69, 9.17) is 0 Å². The van der Waals surface area contributed by atoms with Crippen molar-refractivity contribution in [2.75, 3.05) is 45.9 Å². The Kier molecular flexibility index (Phi) is 10.5. The second-order valence-corrected chi connectivity index (χ2v) is 8.62. The van der Waals surface area contributed by atoms with Crippen molar-refractivity contribution in [3.05, 3.63) is 39.7 Å². The van der Waals surface area contributed by atoms with Crippen LogP contribution < -0.4 is 0 Å². The minimum absolute atomic E-state index is 0.0359. The molecule has 0 bridgehead atoms. The van der Waals surface area contributed by atoms with Crippen molar-refractivity contribution in [3.8, 4) is 0 Å². The highest BCUT2D eigenvalue weighted by Crippen LogP contribution is 2.18. The lowest BCUT2D eigenvalue weighted by Gasteiger charge is -2.15. The summed E-state index contributed by atoms with van der Waals surface area (Å²) in [6.07, 6.45) is 1.94. The number of hydrogen-bond donors (Lipinski definition) is 0. The van der Waals surface area contributed by atoms with Gasteiger partial charge in [0.15, 0.2) is 17.5 Å². The minimum Gasteiger partial charge on any atom is -0.302 e. The second-order valence-electron chi connectivity index (χ2n) is 5.34. The van der Waals surface area contributed by atoms with Gasteiger partial charge in [0.2, 0.25) is 0 Å². The van der Waals surface area contributed by atoms with E-state index in [1.54, 1.807) is 11.9 Å². The molecule has 0 aliphatic carbocycles. The molecule has 15 heteroatoms. The number of nitro groups is 1. The number of benzene rings is 1. The van der Waals surface area contributed by atoms with Gasteiger partial charge < -0.3 is 4.90 Å². The molecule has 162 valence electrons. The highest BCUT2D eigenvalue weighted by atomic mass is 32.2. The van der Waals surface area contributed by atoms with E-state index in [1.165, 1.54) is 0 Å². The second kappa shape index (κ2) is 11.3. The molecular weight excluding hydrogens is 433 g/mol. The lowest BCUT2D eigenvalue weighted by molar-refractivity contribution is -0.385. The first-order valence-corrected chi connectivity index (χ1v) is 10.9. The Morgan fingerprint density at radius 3 is 1.61 bits per heavy atom. The largest absolute Gasteiger partial charge is 0.302 e. The van der Waals surface area contributed by atoms with Crippen molar-refractivity contribution < 1.29 is 43.3 Å². The average molecular weight is 452 g/mol. The molecule has 0 fully saturated rings. The van der Waals surface area contributed by atoms with Crippen LogP contribution in [-0.4, -0.2) is 72.5 Å². The molecule has 1 rings (SSSR count). The van der Waals surface area contributed by atoms with E-state index in [1.807, 2.05) is 0 Å². The van der Waals surface area contributed by atoms with Crippen molar-refractivity contribution >= 4 is 25.9 Å². The first-order chi connectivity index (χ1) is 12.6. The molecule has 28 heavy (non-hydrogen) atoms. The van der Waals surface area contributed by atoms with Crippen molar-refractivity contribution in [1.29, 1.82) is 0 Å². The average Bonchev–Trinajstić information content (AvgIpc) is 2.50. The lowest BCUT2D eigenvalue weighted by Crippen LogP contribution is -2.28. The van der Waals surface area contributed by atoms with Crippen LogP contribution in [0.2, 0.25) is 0 Å². The van der Waals surface area contributed by atoms with Crippen molar-refractivity contribution in [1.82, 2.24) is 4.90 Å². The Balaban J connectivity index is 0.000000540. The van der Waals surface area contributed by atoms with E-state index >= 15 is 0 Å². The van der Waals surface area contributed by atoms with Crippen LogP contribution in [0.5, 0.6) is 0 Å². The zero-order valence-corrected chi connectivity index (χ0v) is 16.7. The quantitative estimate of drug-likeness (QED) is 0.232. The maximum atomic E-state index is 12.3. The number of hydrogen-bond acceptors (Lipinski definition) is 9. The van der Waals surface area contributed by atoms with E-state index in [2.05, 4.69) is 8.37 Å². The first-order valence-electron chi connectivity index (χ1n) is 7.28. The number of non-ortho nitro benzene ring substituents is 1. The van der Waals surface area contributed by atoms with Gasteiger partial charge in [0.1, 0.15) is 0 Å². The summed E-state index contributed by atoms with van der Waals surface area (Å²) in [5.41, 5.74) is -0.814. The summed E-state index contributed by atoms with van der Waals surface area (Å²) in [6.45, 7) is 0.822. The molecule has 0 aliphatic rings. The van der Waals surface area contributed by atoms with Crippen LogP contribution in [0.4, 0.5) is 18.9 Å². The van der Waals surface area contributed by atoms with Gasteiger partial charge in [-0.3, -0.25) is 18.5 Å². The van der Waals surface area contributed by atoms with Crippen LogP contribution in [0.25, 0.3) is 0 Å². The van der Waals surface area contributed by atoms with Gasteiger partial charge >= 0.3 is 0 Å². The summed E-state index contributed by atoms with van der Waals surface area (Å²) in [6, 6.07) is 0.636. The molecular formula is C13H19F3N2O8S2. The summed E-state index contributed by atoms with van der Waals surface area (Å²) >= 11 is 0. The molecule has 10 nitrogen and oxygen atoms in total. The van der Waals surface area contributed by atoms with E-state index in [9.17, 15) is 40.1 Å². The zero-order chi connectivity index (χ0) is 22.1. The molecule has 0 aromatic heterocycles. The maximum absolute atomic E-state index is 12.3. The summed E-state index contributed by atoms with van der Waals surface area (Å²) in [4.78, 5) is 10.7. The number of nitro benzene ring substituents is 1. The van der Waals surface area contributed by atoms with Gasteiger partial charge in [-0.1, -0.05) is 0 Å². The summed E-state index contributed by atoms with van der Waals surface area (Å²) in [5, 5.41) is 9.97. The van der Waals surface area contributed by atoms with Gasteiger partial charge in [0.05, 0.1) is 42.8 Å². The third-order valence-corrected chi connectivity index (χ3v) is 3.91. The Bertz CT molecular complexity index is 817. The molecule has 0 aliphatic heterocycles. The molecule has 0 saturated carbocycles. The van der Waals surface area contributed by atoms with Crippen LogP contribution in [-0.2, 0) is 28.6 Å². The molecule has 1 aromatic rings. The summed E-state index contributed by atoms with van der Waals surface area (Å²) in [5.74, 6) is -4.84. The van der Waals surface area contributed by atoms with Crippen molar-refractivity contribution in [2.24, 2.45) is 0 Å². The molecule has 0 atom stereocenters. The van der Waals surface area contributed by atoms with Gasteiger partial charge in [0, 0.05) is 13.1 Å². The highest BCUT2D eigenvalue weighted by Gasteiger charge is 2.16. The molecule has 0 heterocycles. The van der Waals surface area contributed by atoms with Crippen molar-refractivity contribution in [2.45, 2.75) is 0 Å². The van der Waals surface area contributed by atoms with Crippen LogP contribution in [0.1, 0.15) is 0 Å². The molecule has 0 spiro atoms. The van der Waals surface area contributed by atoms with E-state index in [0.29, 0.717) is 25.2 Å². The Labute approximate surface area is 160 Å². The predicted octanol–water partition coefficient (Wildman–Crippen LogP) is 0.883. The van der Waals surface area contributed by atoms with Crippen molar-refractivity contribution in [3.63, 3.8) is 0 Å². The third kappa shape index (κ3) is 12.6. The predicted molar refractivity (Wildman–Crippen MR) is 92.1 cm³/mol. The van der Waals surface area contributed by atoms with Gasteiger partial charge in [-0.15, -0.1) is 0 Å². The molecule has 0 N–H and O–H groups in total. The first kappa shape index (κ1) is 26.2. The van der Waals surface area contributed by atoms with Gasteiger partial charge in [0.25, 0.3) is 25.9 Å². The smallest absolute Gasteiger partial charge is 0.275 e. The number of nitrogens with zero attached hydrogens (tertiary/aromatic N) is 2. The number of likely N-dealkylation sites (N-methyl/N-ethyl adjacent to an activating group) is 1. The monoisotopic (exact) mass is 452 g/mol. The standard InChI is InChI=1S/C7H17NO6S2.C6H2F3NO2/c1-8(4-6-13-15(2,9)10)5-7-14-16(3,11)12;7-4-1-3(10(11)12)2-5(8)6(4)9/h4-7H2,1-3H3;1-2H. The Hall–Kier alpha value is -1.81. The normalized spacial score (nSPS) is 11.8. The molecule has 0 saturated heterocycles. The SMILES string of the molecule is CN(CCOS(C)(=O)=O)CCOS(C)(=O)=O.O=[N+]([O-])c1cc(F)c(F)c(F)c1. The van der Waals surface area contributed by atoms with Crippen LogP contribution in [0.3, 0.4) is 0 Å². The fourth-order valence-corrected chi connectivity index (χ4v) is 2.20. The lowest BCUT2D eigenvalue weighted by atomic mass is 10.3. The number of rotatable bonds is 9. The fraction of sp³-hybridized carbons (Fsp3) is 0.538. The maximum Gasteiger partial charge on any atom is 0.275 e. The highest BCUT2D eigenvalue weighted by molar-refractivity contribution is 7.86. The van der Waals surface area contributed by atoms with Crippen LogP contribution in [0.15, 0.2) is 12.1 Å². The topological polar surface area (TPSA) is 133 Å². The molecule has 0 amide bonds. The summed E-state index contributed by atoms with van der Waals surface area (Å²) < 4.78 is 88.3. The molecule has 0 radical (unpaired) electrons. The van der Waals surface area contributed by atoms with E-state index < -0.39 is 48.3 Å². The van der Waals surface area contributed by atoms with E-state index in [-0.39, 0.29) is 13.2 Å². The minimum atomic E-state index is -3.42. The van der Waals surface area contributed by atoms with Crippen LogP contribution >= 0.6 is 0 Å². The molecule has 1 aromatic carbocycles. The third-order valence-electron chi connectivity index (χ3n) is 2.72. The zero-order valence-electron chi connectivity index (χ0n) is 15.1. The van der Waals surface area contributed by atoms with Gasteiger partial charge in [-0.05, 0) is 7.05 Å².